The summed E-state index contributed by atoms with van der Waals surface area (Å²) in [5.41, 5.74) is 2.74. The highest BCUT2D eigenvalue weighted by Gasteiger charge is 2.20. The number of hydrogen-bond donors (Lipinski definition) is 1. The van der Waals surface area contributed by atoms with Crippen LogP contribution in [-0.2, 0) is 6.42 Å². The summed E-state index contributed by atoms with van der Waals surface area (Å²) in [6.07, 6.45) is 0.874. The molecule has 3 rings (SSSR count). The SMILES string of the molecule is O=C1NCCc2ccc(C(Cl)c3ccc(Cl)s3)cc21. The molecule has 2 heterocycles. The van der Waals surface area contributed by atoms with E-state index in [9.17, 15) is 4.79 Å². The van der Waals surface area contributed by atoms with E-state index in [-0.39, 0.29) is 11.3 Å². The first-order valence-electron chi connectivity index (χ1n) is 5.95. The fraction of sp³-hybridized carbons (Fsp3) is 0.214. The van der Waals surface area contributed by atoms with Crippen molar-refractivity contribution in [1.29, 1.82) is 0 Å². The normalized spacial score (nSPS) is 15.8. The van der Waals surface area contributed by atoms with Crippen molar-refractivity contribution < 1.29 is 4.79 Å². The zero-order valence-corrected chi connectivity index (χ0v) is 12.3. The number of hydrogen-bond acceptors (Lipinski definition) is 2. The molecule has 1 aliphatic rings. The molecule has 19 heavy (non-hydrogen) atoms. The van der Waals surface area contributed by atoms with Crippen LogP contribution < -0.4 is 5.32 Å². The van der Waals surface area contributed by atoms with Crippen LogP contribution >= 0.6 is 34.5 Å². The van der Waals surface area contributed by atoms with Crippen LogP contribution in [0.15, 0.2) is 30.3 Å². The van der Waals surface area contributed by atoms with Gasteiger partial charge in [-0.2, -0.15) is 0 Å². The Labute approximate surface area is 125 Å². The molecule has 0 radical (unpaired) electrons. The first-order valence-corrected chi connectivity index (χ1v) is 7.58. The number of nitrogens with one attached hydrogen (secondary N) is 1. The van der Waals surface area contributed by atoms with Crippen LogP contribution in [0.5, 0.6) is 0 Å². The average Bonchev–Trinajstić information content (AvgIpc) is 2.85. The van der Waals surface area contributed by atoms with Crippen LogP contribution in [0.4, 0.5) is 0 Å². The maximum absolute atomic E-state index is 11.8. The van der Waals surface area contributed by atoms with Gasteiger partial charge >= 0.3 is 0 Å². The van der Waals surface area contributed by atoms with Gasteiger partial charge in [-0.25, -0.2) is 0 Å². The molecule has 0 saturated heterocycles. The molecule has 0 saturated carbocycles. The Kier molecular flexibility index (Phi) is 3.52. The minimum Gasteiger partial charge on any atom is -0.352 e. The second kappa shape index (κ2) is 5.16. The van der Waals surface area contributed by atoms with E-state index < -0.39 is 0 Å². The zero-order chi connectivity index (χ0) is 13.4. The monoisotopic (exact) mass is 311 g/mol. The molecule has 5 heteroatoms. The van der Waals surface area contributed by atoms with Crippen LogP contribution in [0.3, 0.4) is 0 Å². The van der Waals surface area contributed by atoms with E-state index in [0.29, 0.717) is 6.54 Å². The molecule has 0 bridgehead atoms. The largest absolute Gasteiger partial charge is 0.352 e. The van der Waals surface area contributed by atoms with Crippen molar-refractivity contribution >= 4 is 40.4 Å². The van der Waals surface area contributed by atoms with Gasteiger partial charge in [0.2, 0.25) is 0 Å². The summed E-state index contributed by atoms with van der Waals surface area (Å²) in [5.74, 6) is -0.0174. The van der Waals surface area contributed by atoms with E-state index in [2.05, 4.69) is 5.32 Å². The third kappa shape index (κ3) is 2.50. The Morgan fingerprint density at radius 3 is 2.84 bits per heavy atom. The van der Waals surface area contributed by atoms with Crippen LogP contribution in [0.2, 0.25) is 4.34 Å². The minimum atomic E-state index is -0.266. The smallest absolute Gasteiger partial charge is 0.251 e. The zero-order valence-electron chi connectivity index (χ0n) is 9.95. The molecular formula is C14H11Cl2NOS. The highest BCUT2D eigenvalue weighted by Crippen LogP contribution is 2.36. The van der Waals surface area contributed by atoms with Crippen molar-refractivity contribution in [2.24, 2.45) is 0 Å². The highest BCUT2D eigenvalue weighted by atomic mass is 35.5. The van der Waals surface area contributed by atoms with Crippen molar-refractivity contribution in [3.63, 3.8) is 0 Å². The second-order valence-electron chi connectivity index (χ2n) is 4.43. The molecule has 0 fully saturated rings. The van der Waals surface area contributed by atoms with Crippen molar-refractivity contribution in [3.8, 4) is 0 Å². The third-order valence-electron chi connectivity index (χ3n) is 3.19. The number of benzene rings is 1. The van der Waals surface area contributed by atoms with Crippen LogP contribution in [0.1, 0.15) is 31.7 Å². The van der Waals surface area contributed by atoms with E-state index in [4.69, 9.17) is 23.2 Å². The second-order valence-corrected chi connectivity index (χ2v) is 6.61. The Bertz CT molecular complexity index is 638. The predicted octanol–water partition coefficient (Wildman–Crippen LogP) is 4.02. The number of alkyl halides is 1. The number of halogens is 2. The predicted molar refractivity (Wildman–Crippen MR) is 79.5 cm³/mol. The average molecular weight is 312 g/mol. The maximum atomic E-state index is 11.8. The lowest BCUT2D eigenvalue weighted by Crippen LogP contribution is -2.31. The summed E-state index contributed by atoms with van der Waals surface area (Å²) in [5, 5.41) is 2.58. The molecule has 2 aromatic rings. The Morgan fingerprint density at radius 2 is 2.11 bits per heavy atom. The molecule has 1 unspecified atom stereocenters. The molecular weight excluding hydrogens is 301 g/mol. The Morgan fingerprint density at radius 1 is 1.26 bits per heavy atom. The van der Waals surface area contributed by atoms with E-state index in [0.717, 1.165) is 32.3 Å². The van der Waals surface area contributed by atoms with E-state index in [1.54, 1.807) is 0 Å². The summed E-state index contributed by atoms with van der Waals surface area (Å²) in [6.45, 7) is 0.704. The molecule has 1 amide bonds. The van der Waals surface area contributed by atoms with E-state index in [1.165, 1.54) is 11.3 Å². The number of carbonyl (C=O) groups excluding carboxylic acids is 1. The molecule has 1 atom stereocenters. The summed E-state index contributed by atoms with van der Waals surface area (Å²) >= 11 is 13.8. The molecule has 98 valence electrons. The van der Waals surface area contributed by atoms with Crippen molar-refractivity contribution in [2.75, 3.05) is 6.54 Å². The van der Waals surface area contributed by atoms with Gasteiger partial charge in [-0.1, -0.05) is 23.7 Å². The van der Waals surface area contributed by atoms with Gasteiger partial charge in [0, 0.05) is 17.0 Å². The molecule has 1 aromatic heterocycles. The van der Waals surface area contributed by atoms with Gasteiger partial charge in [0.25, 0.3) is 5.91 Å². The first kappa shape index (κ1) is 13.0. The Balaban J connectivity index is 1.97. The van der Waals surface area contributed by atoms with Gasteiger partial charge in [0.1, 0.15) is 0 Å². The number of carbonyl (C=O) groups is 1. The molecule has 2 nitrogen and oxygen atoms in total. The van der Waals surface area contributed by atoms with Crippen molar-refractivity contribution in [2.45, 2.75) is 11.8 Å². The molecule has 0 aliphatic carbocycles. The third-order valence-corrected chi connectivity index (χ3v) is 5.11. The molecule has 0 spiro atoms. The topological polar surface area (TPSA) is 29.1 Å². The van der Waals surface area contributed by atoms with Crippen LogP contribution in [0.25, 0.3) is 0 Å². The summed E-state index contributed by atoms with van der Waals surface area (Å²) < 4.78 is 0.719. The Hall–Kier alpha value is -1.03. The molecule has 1 aliphatic heterocycles. The molecule has 1 N–H and O–H groups in total. The van der Waals surface area contributed by atoms with Gasteiger partial charge in [0.05, 0.1) is 9.71 Å². The number of thiophene rings is 1. The standard InChI is InChI=1S/C14H11Cl2NOS/c15-12-4-3-11(19-12)13(16)9-2-1-8-5-6-17-14(18)10(8)7-9/h1-4,7,13H,5-6H2,(H,17,18). The van der Waals surface area contributed by atoms with E-state index >= 15 is 0 Å². The number of amides is 1. The van der Waals surface area contributed by atoms with Crippen molar-refractivity contribution in [3.05, 3.63) is 56.2 Å². The lowest BCUT2D eigenvalue weighted by atomic mass is 9.96. The summed E-state index contributed by atoms with van der Waals surface area (Å²) in [6, 6.07) is 9.62. The minimum absolute atomic E-state index is 0.0174. The van der Waals surface area contributed by atoms with Crippen LogP contribution in [-0.4, -0.2) is 12.5 Å². The van der Waals surface area contributed by atoms with Gasteiger partial charge < -0.3 is 5.32 Å². The lowest BCUT2D eigenvalue weighted by Gasteiger charge is -2.18. The van der Waals surface area contributed by atoms with Gasteiger partial charge in [-0.15, -0.1) is 22.9 Å². The fourth-order valence-corrected chi connectivity index (χ4v) is 3.63. The maximum Gasteiger partial charge on any atom is 0.251 e. The number of fused-ring (bicyclic) bond motifs is 1. The summed E-state index contributed by atoms with van der Waals surface area (Å²) in [7, 11) is 0. The van der Waals surface area contributed by atoms with Gasteiger partial charge in [-0.3, -0.25) is 4.79 Å². The highest BCUT2D eigenvalue weighted by molar-refractivity contribution is 7.16. The summed E-state index contributed by atoms with van der Waals surface area (Å²) in [4.78, 5) is 12.8. The van der Waals surface area contributed by atoms with Gasteiger partial charge in [0.15, 0.2) is 0 Å². The lowest BCUT2D eigenvalue weighted by molar-refractivity contribution is 0.0946. The van der Waals surface area contributed by atoms with E-state index in [1.807, 2.05) is 30.3 Å². The van der Waals surface area contributed by atoms with Crippen molar-refractivity contribution in [1.82, 2.24) is 5.32 Å². The van der Waals surface area contributed by atoms with Gasteiger partial charge in [-0.05, 0) is 35.7 Å². The molecule has 1 aromatic carbocycles. The fourth-order valence-electron chi connectivity index (χ4n) is 2.22. The first-order chi connectivity index (χ1) is 9.15. The quantitative estimate of drug-likeness (QED) is 0.834. The number of rotatable bonds is 2. The van der Waals surface area contributed by atoms with Crippen LogP contribution in [0, 0.1) is 0 Å².